The maximum Gasteiger partial charge on any atom is 0.0765 e. The molecule has 1 unspecified atom stereocenters. The molecule has 1 heteroatoms. The molecule has 1 aliphatic carbocycles. The second-order valence-electron chi connectivity index (χ2n) is 7.99. The normalized spacial score (nSPS) is 15.5. The zero-order valence-electron chi connectivity index (χ0n) is 17.8. The summed E-state index contributed by atoms with van der Waals surface area (Å²) >= 11 is 0. The van der Waals surface area contributed by atoms with E-state index in [4.69, 9.17) is 0 Å². The minimum absolute atomic E-state index is 0.190. The molecule has 5 rings (SSSR count). The first kappa shape index (κ1) is 19.8. The Labute approximate surface area is 189 Å². The van der Waals surface area contributed by atoms with Crippen LogP contribution >= 0.6 is 0 Å². The molecule has 1 atom stereocenters. The van der Waals surface area contributed by atoms with E-state index in [-0.39, 0.29) is 5.92 Å². The van der Waals surface area contributed by atoms with Crippen LogP contribution in [0.5, 0.6) is 0 Å². The highest BCUT2D eigenvalue weighted by molar-refractivity contribution is 6.08. The SMILES string of the molecule is N#CC1CC(=C(c2ccccc2)c2ccccc2)C(c2ccccc2)=C1c1ccccc1. The standard InChI is InChI=1S/C31H23N/c32-22-27-21-28(29(23-13-5-1-6-14-23)24-15-7-2-8-16-24)31(26-19-11-4-12-20-26)30(27)25-17-9-3-10-18-25/h1-20,27H,21H2. The van der Waals surface area contributed by atoms with Gasteiger partial charge in [0.2, 0.25) is 0 Å². The summed E-state index contributed by atoms with van der Waals surface area (Å²) in [7, 11) is 0. The van der Waals surface area contributed by atoms with Gasteiger partial charge in [-0.25, -0.2) is 0 Å². The molecular weight excluding hydrogens is 386 g/mol. The first-order chi connectivity index (χ1) is 15.9. The lowest BCUT2D eigenvalue weighted by molar-refractivity contribution is 0.880. The van der Waals surface area contributed by atoms with Crippen molar-refractivity contribution in [3.8, 4) is 6.07 Å². The van der Waals surface area contributed by atoms with Crippen molar-refractivity contribution in [2.24, 2.45) is 5.92 Å². The van der Waals surface area contributed by atoms with Crippen LogP contribution in [0.15, 0.2) is 127 Å². The summed E-state index contributed by atoms with van der Waals surface area (Å²) in [5.41, 5.74) is 9.37. The van der Waals surface area contributed by atoms with E-state index in [1.807, 2.05) is 24.3 Å². The minimum atomic E-state index is -0.190. The van der Waals surface area contributed by atoms with Crippen molar-refractivity contribution in [3.63, 3.8) is 0 Å². The fraction of sp³-hybridized carbons (Fsp3) is 0.0645. The molecule has 0 saturated heterocycles. The van der Waals surface area contributed by atoms with Crippen molar-refractivity contribution in [2.75, 3.05) is 0 Å². The lowest BCUT2D eigenvalue weighted by atomic mass is 9.87. The number of hydrogen-bond acceptors (Lipinski definition) is 1. The Morgan fingerprint density at radius 2 is 1.03 bits per heavy atom. The van der Waals surface area contributed by atoms with E-state index in [1.165, 1.54) is 27.8 Å². The first-order valence-electron chi connectivity index (χ1n) is 11.0. The lowest BCUT2D eigenvalue weighted by Gasteiger charge is -2.17. The molecular formula is C31H23N. The Morgan fingerprint density at radius 1 is 0.594 bits per heavy atom. The third-order valence-corrected chi connectivity index (χ3v) is 6.06. The van der Waals surface area contributed by atoms with Gasteiger partial charge in [0.05, 0.1) is 12.0 Å². The number of benzene rings is 4. The monoisotopic (exact) mass is 409 g/mol. The van der Waals surface area contributed by atoms with Crippen molar-refractivity contribution in [1.82, 2.24) is 0 Å². The smallest absolute Gasteiger partial charge is 0.0765 e. The Kier molecular flexibility index (Phi) is 5.52. The summed E-state index contributed by atoms with van der Waals surface area (Å²) in [6.45, 7) is 0. The third kappa shape index (κ3) is 3.68. The zero-order valence-corrected chi connectivity index (χ0v) is 17.8. The largest absolute Gasteiger partial charge is 0.198 e. The van der Waals surface area contributed by atoms with Gasteiger partial charge in [-0.15, -0.1) is 0 Å². The highest BCUT2D eigenvalue weighted by Gasteiger charge is 2.33. The molecule has 1 nitrogen and oxygen atoms in total. The summed E-state index contributed by atoms with van der Waals surface area (Å²) < 4.78 is 0. The summed E-state index contributed by atoms with van der Waals surface area (Å²) in [5, 5.41) is 10.2. The number of nitriles is 1. The van der Waals surface area contributed by atoms with Crippen molar-refractivity contribution in [3.05, 3.63) is 149 Å². The summed E-state index contributed by atoms with van der Waals surface area (Å²) in [6, 6.07) is 44.6. The van der Waals surface area contributed by atoms with Gasteiger partial charge in [-0.2, -0.15) is 5.26 Å². The molecule has 0 fully saturated rings. The van der Waals surface area contributed by atoms with Crippen LogP contribution in [0.1, 0.15) is 28.7 Å². The van der Waals surface area contributed by atoms with Crippen LogP contribution in [0.3, 0.4) is 0 Å². The van der Waals surface area contributed by atoms with Gasteiger partial charge in [-0.05, 0) is 51.0 Å². The van der Waals surface area contributed by atoms with Crippen LogP contribution in [0.2, 0.25) is 0 Å². The molecule has 0 bridgehead atoms. The van der Waals surface area contributed by atoms with E-state index in [9.17, 15) is 5.26 Å². The molecule has 0 spiro atoms. The van der Waals surface area contributed by atoms with Crippen LogP contribution in [0.25, 0.3) is 16.7 Å². The highest BCUT2D eigenvalue weighted by atomic mass is 14.4. The van der Waals surface area contributed by atoms with Crippen molar-refractivity contribution in [1.29, 1.82) is 5.26 Å². The molecule has 0 radical (unpaired) electrons. The van der Waals surface area contributed by atoms with E-state index in [1.54, 1.807) is 0 Å². The minimum Gasteiger partial charge on any atom is -0.198 e. The van der Waals surface area contributed by atoms with Gasteiger partial charge >= 0.3 is 0 Å². The predicted octanol–water partition coefficient (Wildman–Crippen LogP) is 7.64. The average Bonchev–Trinajstić information content (AvgIpc) is 3.26. The Bertz CT molecular complexity index is 1270. The van der Waals surface area contributed by atoms with Crippen molar-refractivity contribution < 1.29 is 0 Å². The second kappa shape index (κ2) is 8.92. The van der Waals surface area contributed by atoms with Gasteiger partial charge in [-0.1, -0.05) is 121 Å². The molecule has 152 valence electrons. The number of nitrogens with zero attached hydrogens (tertiary/aromatic N) is 1. The van der Waals surface area contributed by atoms with Crippen LogP contribution in [-0.4, -0.2) is 0 Å². The maximum absolute atomic E-state index is 10.2. The van der Waals surface area contributed by atoms with Crippen LogP contribution in [0.4, 0.5) is 0 Å². The van der Waals surface area contributed by atoms with Gasteiger partial charge in [-0.3, -0.25) is 0 Å². The predicted molar refractivity (Wildman–Crippen MR) is 132 cm³/mol. The Morgan fingerprint density at radius 3 is 1.50 bits per heavy atom. The van der Waals surface area contributed by atoms with E-state index in [0.717, 1.165) is 16.7 Å². The van der Waals surface area contributed by atoms with E-state index < -0.39 is 0 Å². The quantitative estimate of drug-likeness (QED) is 0.340. The molecule has 1 aliphatic rings. The van der Waals surface area contributed by atoms with Crippen molar-refractivity contribution in [2.45, 2.75) is 6.42 Å². The topological polar surface area (TPSA) is 23.8 Å². The second-order valence-corrected chi connectivity index (χ2v) is 7.99. The fourth-order valence-electron chi connectivity index (χ4n) is 4.70. The first-order valence-corrected chi connectivity index (χ1v) is 11.0. The molecule has 0 heterocycles. The highest BCUT2D eigenvalue weighted by Crippen LogP contribution is 2.50. The molecule has 0 aromatic heterocycles. The summed E-state index contributed by atoms with van der Waals surface area (Å²) in [5.74, 6) is -0.190. The molecule has 0 aliphatic heterocycles. The molecule has 4 aromatic carbocycles. The lowest BCUT2D eigenvalue weighted by Crippen LogP contribution is -1.96. The van der Waals surface area contributed by atoms with Gasteiger partial charge < -0.3 is 0 Å². The van der Waals surface area contributed by atoms with E-state index in [2.05, 4.69) is 103 Å². The Hall–Kier alpha value is -4.15. The molecule has 0 amide bonds. The van der Waals surface area contributed by atoms with Crippen molar-refractivity contribution >= 4 is 16.7 Å². The number of allylic oxidation sites excluding steroid dienone is 3. The molecule has 4 aromatic rings. The van der Waals surface area contributed by atoms with E-state index >= 15 is 0 Å². The van der Waals surface area contributed by atoms with Gasteiger partial charge in [0.1, 0.15) is 0 Å². The average molecular weight is 410 g/mol. The van der Waals surface area contributed by atoms with Gasteiger partial charge in [0.25, 0.3) is 0 Å². The zero-order chi connectivity index (χ0) is 21.8. The third-order valence-electron chi connectivity index (χ3n) is 6.06. The number of hydrogen-bond donors (Lipinski definition) is 0. The van der Waals surface area contributed by atoms with Gasteiger partial charge in [0, 0.05) is 0 Å². The van der Waals surface area contributed by atoms with E-state index in [0.29, 0.717) is 6.42 Å². The van der Waals surface area contributed by atoms with Crippen LogP contribution < -0.4 is 0 Å². The maximum atomic E-state index is 10.2. The van der Waals surface area contributed by atoms with Gasteiger partial charge in [0.15, 0.2) is 0 Å². The molecule has 0 N–H and O–H groups in total. The summed E-state index contributed by atoms with van der Waals surface area (Å²) in [6.07, 6.45) is 0.698. The number of rotatable bonds is 4. The van der Waals surface area contributed by atoms with Crippen LogP contribution in [0, 0.1) is 17.2 Å². The molecule has 0 saturated carbocycles. The Balaban J connectivity index is 1.88. The molecule has 32 heavy (non-hydrogen) atoms. The summed E-state index contributed by atoms with van der Waals surface area (Å²) in [4.78, 5) is 0. The fourth-order valence-corrected chi connectivity index (χ4v) is 4.70. The van der Waals surface area contributed by atoms with Crippen LogP contribution in [-0.2, 0) is 0 Å².